The van der Waals surface area contributed by atoms with E-state index in [1.54, 1.807) is 18.7 Å². The number of nitrogens with zero attached hydrogens (tertiary/aromatic N) is 4. The average molecular weight is 330 g/mol. The average Bonchev–Trinajstić information content (AvgIpc) is 2.97. The predicted molar refractivity (Wildman–Crippen MR) is 87.7 cm³/mol. The highest BCUT2D eigenvalue weighted by Crippen LogP contribution is 2.19. The summed E-state index contributed by atoms with van der Waals surface area (Å²) in [4.78, 5) is 12.7. The van der Waals surface area contributed by atoms with Crippen LogP contribution in [0.5, 0.6) is 5.75 Å². The fraction of sp³-hybridized carbons (Fsp3) is 0.500. The van der Waals surface area contributed by atoms with Crippen LogP contribution >= 0.6 is 0 Å². The fourth-order valence-electron chi connectivity index (χ4n) is 2.69. The molecule has 1 aromatic carbocycles. The summed E-state index contributed by atoms with van der Waals surface area (Å²) in [7, 11) is 1.63. The van der Waals surface area contributed by atoms with Crippen molar-refractivity contribution < 1.29 is 9.53 Å². The van der Waals surface area contributed by atoms with Crippen molar-refractivity contribution in [1.29, 1.82) is 0 Å². The van der Waals surface area contributed by atoms with E-state index in [1.165, 1.54) is 0 Å². The highest BCUT2D eigenvalue weighted by Gasteiger charge is 2.26. The molecule has 0 radical (unpaired) electrons. The molecular weight excluding hydrogens is 308 g/mol. The first-order chi connectivity index (χ1) is 11.7. The van der Waals surface area contributed by atoms with Crippen molar-refractivity contribution in [2.75, 3.05) is 26.7 Å². The van der Waals surface area contributed by atoms with Gasteiger partial charge in [-0.1, -0.05) is 12.1 Å². The Hall–Kier alpha value is -2.48. The number of benzene rings is 1. The molecule has 8 heteroatoms. The van der Waals surface area contributed by atoms with Crippen LogP contribution in [0.15, 0.2) is 24.3 Å². The van der Waals surface area contributed by atoms with E-state index in [0.717, 1.165) is 24.4 Å². The summed E-state index contributed by atoms with van der Waals surface area (Å²) in [5.41, 5.74) is 0.995. The molecule has 1 aromatic heterocycles. The molecule has 8 nitrogen and oxygen atoms in total. The van der Waals surface area contributed by atoms with Crippen molar-refractivity contribution in [1.82, 2.24) is 30.8 Å². The Bertz CT molecular complexity index is 697. The lowest BCUT2D eigenvalue weighted by molar-refractivity contribution is -0.125. The van der Waals surface area contributed by atoms with Gasteiger partial charge in [0.05, 0.1) is 7.11 Å². The lowest BCUT2D eigenvalue weighted by Gasteiger charge is -2.28. The van der Waals surface area contributed by atoms with E-state index in [-0.39, 0.29) is 5.91 Å². The van der Waals surface area contributed by atoms with Crippen LogP contribution < -0.4 is 15.4 Å². The van der Waals surface area contributed by atoms with Crippen LogP contribution in [0, 0.1) is 12.8 Å². The van der Waals surface area contributed by atoms with Gasteiger partial charge in [0.1, 0.15) is 17.6 Å². The van der Waals surface area contributed by atoms with E-state index in [9.17, 15) is 4.79 Å². The Morgan fingerprint density at radius 2 is 2.33 bits per heavy atom. The summed E-state index contributed by atoms with van der Waals surface area (Å²) in [5, 5.41) is 17.8. The van der Waals surface area contributed by atoms with E-state index < -0.39 is 6.04 Å². The van der Waals surface area contributed by atoms with E-state index in [0.29, 0.717) is 24.7 Å². The molecule has 2 N–H and O–H groups in total. The number of tetrazole rings is 1. The van der Waals surface area contributed by atoms with Crippen molar-refractivity contribution in [3.63, 3.8) is 0 Å². The van der Waals surface area contributed by atoms with Crippen LogP contribution in [0.1, 0.15) is 17.4 Å². The van der Waals surface area contributed by atoms with Crippen molar-refractivity contribution in [2.24, 2.45) is 5.92 Å². The van der Waals surface area contributed by atoms with E-state index in [1.807, 2.05) is 24.3 Å². The van der Waals surface area contributed by atoms with Crippen molar-refractivity contribution in [2.45, 2.75) is 19.4 Å². The fourth-order valence-corrected chi connectivity index (χ4v) is 2.69. The maximum atomic E-state index is 12.7. The highest BCUT2D eigenvalue weighted by atomic mass is 16.5. The third-order valence-corrected chi connectivity index (χ3v) is 4.25. The van der Waals surface area contributed by atoms with Gasteiger partial charge < -0.3 is 15.4 Å². The Labute approximate surface area is 140 Å². The third kappa shape index (κ3) is 3.70. The first kappa shape index (κ1) is 16.4. The van der Waals surface area contributed by atoms with Crippen LogP contribution in [0.2, 0.25) is 0 Å². The Balaban J connectivity index is 1.76. The number of hydrogen-bond acceptors (Lipinski definition) is 6. The Kier molecular flexibility index (Phi) is 5.05. The van der Waals surface area contributed by atoms with Crippen LogP contribution in [-0.4, -0.2) is 52.9 Å². The first-order valence-corrected chi connectivity index (χ1v) is 8.03. The largest absolute Gasteiger partial charge is 0.497 e. The van der Waals surface area contributed by atoms with Gasteiger partial charge in [-0.15, -0.1) is 5.10 Å². The summed E-state index contributed by atoms with van der Waals surface area (Å²) < 4.78 is 6.84. The highest BCUT2D eigenvalue weighted by molar-refractivity contribution is 5.80. The number of amides is 1. The molecule has 1 atom stereocenters. The van der Waals surface area contributed by atoms with Gasteiger partial charge in [-0.05, 0) is 35.0 Å². The van der Waals surface area contributed by atoms with E-state index in [2.05, 4.69) is 26.2 Å². The Morgan fingerprint density at radius 3 is 2.96 bits per heavy atom. The zero-order valence-corrected chi connectivity index (χ0v) is 13.9. The standard InChI is InChI=1S/C16H22N6O2/c1-11-19-20-21-22(11)15(16(23)18-10-13-8-17-9-13)7-12-4-3-5-14(6-12)24-2/h3-6,13,15,17H,7-10H2,1-2H3,(H,18,23). The molecule has 128 valence electrons. The molecule has 1 fully saturated rings. The lowest BCUT2D eigenvalue weighted by atomic mass is 10.0. The number of hydrogen-bond donors (Lipinski definition) is 2. The van der Waals surface area contributed by atoms with Gasteiger partial charge in [0, 0.05) is 32.0 Å². The molecular formula is C16H22N6O2. The molecule has 2 aromatic rings. The number of rotatable bonds is 7. The zero-order valence-electron chi connectivity index (χ0n) is 13.9. The monoisotopic (exact) mass is 330 g/mol. The molecule has 0 spiro atoms. The number of carbonyl (C=O) groups is 1. The van der Waals surface area contributed by atoms with Gasteiger partial charge in [0.15, 0.2) is 0 Å². The quantitative estimate of drug-likeness (QED) is 0.748. The van der Waals surface area contributed by atoms with Gasteiger partial charge in [0.2, 0.25) is 5.91 Å². The van der Waals surface area contributed by atoms with Crippen LogP contribution in [-0.2, 0) is 11.2 Å². The second-order valence-electron chi connectivity index (χ2n) is 6.01. The second kappa shape index (κ2) is 7.39. The van der Waals surface area contributed by atoms with Gasteiger partial charge in [-0.3, -0.25) is 4.79 Å². The van der Waals surface area contributed by atoms with Crippen LogP contribution in [0.25, 0.3) is 0 Å². The maximum absolute atomic E-state index is 12.7. The number of aromatic nitrogens is 4. The van der Waals surface area contributed by atoms with Crippen molar-refractivity contribution in [3.8, 4) is 5.75 Å². The molecule has 0 bridgehead atoms. The molecule has 0 saturated carbocycles. The minimum atomic E-state index is -0.486. The molecule has 1 aliphatic heterocycles. The summed E-state index contributed by atoms with van der Waals surface area (Å²) in [6, 6.07) is 7.20. The van der Waals surface area contributed by atoms with Gasteiger partial charge >= 0.3 is 0 Å². The van der Waals surface area contributed by atoms with E-state index in [4.69, 9.17) is 4.74 Å². The van der Waals surface area contributed by atoms with Gasteiger partial charge in [0.25, 0.3) is 0 Å². The normalized spacial score (nSPS) is 15.6. The summed E-state index contributed by atoms with van der Waals surface area (Å²) in [6.45, 7) is 4.36. The minimum absolute atomic E-state index is 0.0693. The number of carbonyl (C=O) groups excluding carboxylic acids is 1. The van der Waals surface area contributed by atoms with Crippen LogP contribution in [0.4, 0.5) is 0 Å². The first-order valence-electron chi connectivity index (χ1n) is 8.03. The Morgan fingerprint density at radius 1 is 1.50 bits per heavy atom. The van der Waals surface area contributed by atoms with Crippen molar-refractivity contribution in [3.05, 3.63) is 35.7 Å². The van der Waals surface area contributed by atoms with Crippen LogP contribution in [0.3, 0.4) is 0 Å². The van der Waals surface area contributed by atoms with Gasteiger partial charge in [-0.2, -0.15) is 0 Å². The summed E-state index contributed by atoms with van der Waals surface area (Å²) in [5.74, 6) is 1.81. The number of nitrogens with one attached hydrogen (secondary N) is 2. The molecule has 24 heavy (non-hydrogen) atoms. The minimum Gasteiger partial charge on any atom is -0.497 e. The topological polar surface area (TPSA) is 94.0 Å². The molecule has 1 unspecified atom stereocenters. The third-order valence-electron chi connectivity index (χ3n) is 4.25. The smallest absolute Gasteiger partial charge is 0.245 e. The zero-order chi connectivity index (χ0) is 16.9. The number of aryl methyl sites for hydroxylation is 1. The second-order valence-corrected chi connectivity index (χ2v) is 6.01. The maximum Gasteiger partial charge on any atom is 0.245 e. The lowest BCUT2D eigenvalue weighted by Crippen LogP contribution is -2.49. The SMILES string of the molecule is COc1cccc(CC(C(=O)NCC2CNC2)n2nnnc2C)c1. The van der Waals surface area contributed by atoms with Crippen molar-refractivity contribution >= 4 is 5.91 Å². The summed E-state index contributed by atoms with van der Waals surface area (Å²) in [6.07, 6.45) is 0.498. The number of ether oxygens (including phenoxy) is 1. The summed E-state index contributed by atoms with van der Waals surface area (Å²) >= 11 is 0. The molecule has 0 aliphatic carbocycles. The predicted octanol–water partition coefficient (Wildman–Crippen LogP) is 0.110. The van der Waals surface area contributed by atoms with E-state index >= 15 is 0 Å². The molecule has 1 amide bonds. The molecule has 1 aliphatic rings. The number of methoxy groups -OCH3 is 1. The van der Waals surface area contributed by atoms with Gasteiger partial charge in [-0.25, -0.2) is 4.68 Å². The molecule has 2 heterocycles. The molecule has 1 saturated heterocycles. The molecule has 3 rings (SSSR count).